The van der Waals surface area contributed by atoms with Gasteiger partial charge in [0.1, 0.15) is 5.82 Å². The molecule has 3 aromatic rings. The van der Waals surface area contributed by atoms with Crippen molar-refractivity contribution >= 4 is 27.3 Å². The molecule has 23 heavy (non-hydrogen) atoms. The Labute approximate surface area is 138 Å². The monoisotopic (exact) mass is 323 g/mol. The molecule has 0 saturated heterocycles. The third kappa shape index (κ3) is 2.97. The minimum absolute atomic E-state index is 0.0372. The maximum atomic E-state index is 12.5. The number of carbonyl (C=O) groups excluding carboxylic acids is 1. The molecule has 0 atom stereocenters. The fourth-order valence-corrected chi connectivity index (χ4v) is 3.76. The van der Waals surface area contributed by atoms with Gasteiger partial charge in [0.05, 0.1) is 12.1 Å². The van der Waals surface area contributed by atoms with Crippen molar-refractivity contribution in [2.75, 3.05) is 7.05 Å². The average Bonchev–Trinajstić information content (AvgIpc) is 3.34. The van der Waals surface area contributed by atoms with E-state index in [0.29, 0.717) is 18.0 Å². The van der Waals surface area contributed by atoms with Crippen LogP contribution >= 0.6 is 11.3 Å². The molecule has 1 amide bonds. The van der Waals surface area contributed by atoms with E-state index in [1.54, 1.807) is 28.6 Å². The number of thiophene rings is 1. The van der Waals surface area contributed by atoms with Crippen molar-refractivity contribution in [2.24, 2.45) is 0 Å². The number of aromatic nitrogens is 2. The van der Waals surface area contributed by atoms with Crippen LogP contribution in [0.4, 0.5) is 0 Å². The Morgan fingerprint density at radius 3 is 2.70 bits per heavy atom. The average molecular weight is 323 g/mol. The molecule has 1 fully saturated rings. The molecule has 0 bridgehead atoms. The van der Waals surface area contributed by atoms with Crippen molar-refractivity contribution in [3.8, 4) is 0 Å². The van der Waals surface area contributed by atoms with Gasteiger partial charge >= 0.3 is 0 Å². The SMILES string of the molecule is CN(Cc1cc2ccccc2s1)C(=O)c1cnc(C2CC2)nc1. The predicted molar refractivity (Wildman–Crippen MR) is 91.6 cm³/mol. The van der Waals surface area contributed by atoms with Gasteiger partial charge in [-0.1, -0.05) is 18.2 Å². The van der Waals surface area contributed by atoms with E-state index in [9.17, 15) is 4.79 Å². The van der Waals surface area contributed by atoms with Crippen LogP contribution in [0.25, 0.3) is 10.1 Å². The summed E-state index contributed by atoms with van der Waals surface area (Å²) in [7, 11) is 1.82. The standard InChI is InChI=1S/C18H17N3OS/c1-21(11-15-8-13-4-2-3-5-16(13)23-15)18(22)14-9-19-17(20-10-14)12-6-7-12/h2-5,8-10,12H,6-7,11H2,1H3. The number of rotatable bonds is 4. The van der Waals surface area contributed by atoms with Gasteiger partial charge in [-0.15, -0.1) is 11.3 Å². The van der Waals surface area contributed by atoms with Gasteiger partial charge in [-0.2, -0.15) is 0 Å². The van der Waals surface area contributed by atoms with Crippen LogP contribution in [0, 0.1) is 0 Å². The second-order valence-corrected chi connectivity index (χ2v) is 7.18. The fourth-order valence-electron chi connectivity index (χ4n) is 2.64. The van der Waals surface area contributed by atoms with Crippen LogP contribution in [-0.2, 0) is 6.54 Å². The van der Waals surface area contributed by atoms with Crippen LogP contribution in [0.15, 0.2) is 42.7 Å². The number of carbonyl (C=O) groups is 1. The van der Waals surface area contributed by atoms with Crippen LogP contribution in [-0.4, -0.2) is 27.8 Å². The molecular formula is C18H17N3OS. The van der Waals surface area contributed by atoms with Crippen molar-refractivity contribution in [1.82, 2.24) is 14.9 Å². The fraction of sp³-hybridized carbons (Fsp3) is 0.278. The number of nitrogens with zero attached hydrogens (tertiary/aromatic N) is 3. The molecule has 0 spiro atoms. The topological polar surface area (TPSA) is 46.1 Å². The second-order valence-electron chi connectivity index (χ2n) is 6.02. The quantitative estimate of drug-likeness (QED) is 0.733. The Hall–Kier alpha value is -2.27. The van der Waals surface area contributed by atoms with Crippen LogP contribution in [0.2, 0.25) is 0 Å². The Morgan fingerprint density at radius 1 is 1.26 bits per heavy atom. The lowest BCUT2D eigenvalue weighted by atomic mass is 10.2. The molecule has 4 nitrogen and oxygen atoms in total. The minimum atomic E-state index is -0.0372. The smallest absolute Gasteiger partial charge is 0.257 e. The van der Waals surface area contributed by atoms with Crippen molar-refractivity contribution < 1.29 is 4.79 Å². The van der Waals surface area contributed by atoms with Gasteiger partial charge in [0.2, 0.25) is 0 Å². The van der Waals surface area contributed by atoms with Crippen molar-refractivity contribution in [2.45, 2.75) is 25.3 Å². The van der Waals surface area contributed by atoms with E-state index in [4.69, 9.17) is 0 Å². The number of benzene rings is 1. The molecule has 1 aliphatic carbocycles. The third-order valence-corrected chi connectivity index (χ3v) is 5.18. The number of fused-ring (bicyclic) bond motifs is 1. The van der Waals surface area contributed by atoms with E-state index in [1.165, 1.54) is 27.8 Å². The lowest BCUT2D eigenvalue weighted by molar-refractivity contribution is 0.0785. The van der Waals surface area contributed by atoms with Crippen molar-refractivity contribution in [3.63, 3.8) is 0 Å². The second kappa shape index (κ2) is 5.74. The molecule has 0 radical (unpaired) electrons. The molecule has 1 saturated carbocycles. The summed E-state index contributed by atoms with van der Waals surface area (Å²) in [5, 5.41) is 1.23. The zero-order valence-corrected chi connectivity index (χ0v) is 13.7. The van der Waals surface area contributed by atoms with Crippen LogP contribution < -0.4 is 0 Å². The molecule has 0 unspecified atom stereocenters. The van der Waals surface area contributed by atoms with Crippen LogP contribution in [0.1, 0.15) is 39.8 Å². The summed E-state index contributed by atoms with van der Waals surface area (Å²) in [4.78, 5) is 24.1. The largest absolute Gasteiger partial charge is 0.336 e. The molecule has 2 aromatic heterocycles. The molecule has 1 aromatic carbocycles. The zero-order chi connectivity index (χ0) is 15.8. The van der Waals surface area contributed by atoms with Crippen LogP contribution in [0.3, 0.4) is 0 Å². The number of hydrogen-bond acceptors (Lipinski definition) is 4. The maximum absolute atomic E-state index is 12.5. The summed E-state index contributed by atoms with van der Waals surface area (Å²) >= 11 is 1.73. The zero-order valence-electron chi connectivity index (χ0n) is 12.9. The lowest BCUT2D eigenvalue weighted by Crippen LogP contribution is -2.26. The number of amides is 1. The van der Waals surface area contributed by atoms with E-state index in [0.717, 1.165) is 5.82 Å². The van der Waals surface area contributed by atoms with Gasteiger partial charge in [0, 0.05) is 34.9 Å². The third-order valence-electron chi connectivity index (χ3n) is 4.08. The molecule has 2 heterocycles. The Kier molecular flexibility index (Phi) is 3.58. The van der Waals surface area contributed by atoms with Gasteiger partial charge < -0.3 is 4.90 Å². The van der Waals surface area contributed by atoms with E-state index in [2.05, 4.69) is 28.2 Å². The van der Waals surface area contributed by atoms with Gasteiger partial charge in [0.25, 0.3) is 5.91 Å². The summed E-state index contributed by atoms with van der Waals surface area (Å²) in [5.74, 6) is 1.34. The highest BCUT2D eigenvalue weighted by Crippen LogP contribution is 2.37. The first-order chi connectivity index (χ1) is 11.2. The van der Waals surface area contributed by atoms with Crippen LogP contribution in [0.5, 0.6) is 0 Å². The molecule has 5 heteroatoms. The van der Waals surface area contributed by atoms with Gasteiger partial charge in [0.15, 0.2) is 0 Å². The van der Waals surface area contributed by atoms with E-state index < -0.39 is 0 Å². The van der Waals surface area contributed by atoms with Crippen molar-refractivity contribution in [3.05, 3.63) is 59.0 Å². The predicted octanol–water partition coefficient (Wildman–Crippen LogP) is 3.84. The highest BCUT2D eigenvalue weighted by atomic mass is 32.1. The molecule has 116 valence electrons. The first kappa shape index (κ1) is 14.3. The number of hydrogen-bond donors (Lipinski definition) is 0. The van der Waals surface area contributed by atoms with Gasteiger partial charge in [-0.25, -0.2) is 9.97 Å². The summed E-state index contributed by atoms with van der Waals surface area (Å²) in [6.07, 6.45) is 5.65. The summed E-state index contributed by atoms with van der Waals surface area (Å²) in [6.45, 7) is 0.600. The Bertz CT molecular complexity index is 819. The molecule has 4 rings (SSSR count). The van der Waals surface area contributed by atoms with Gasteiger partial charge in [-0.3, -0.25) is 4.79 Å². The minimum Gasteiger partial charge on any atom is -0.336 e. The van der Waals surface area contributed by atoms with Crippen molar-refractivity contribution in [1.29, 1.82) is 0 Å². The normalized spacial score (nSPS) is 14.1. The van der Waals surface area contributed by atoms with E-state index >= 15 is 0 Å². The van der Waals surface area contributed by atoms with E-state index in [1.807, 2.05) is 19.2 Å². The van der Waals surface area contributed by atoms with E-state index in [-0.39, 0.29) is 5.91 Å². The molecule has 0 aliphatic heterocycles. The summed E-state index contributed by atoms with van der Waals surface area (Å²) < 4.78 is 1.25. The first-order valence-electron chi connectivity index (χ1n) is 7.75. The molecular weight excluding hydrogens is 306 g/mol. The summed E-state index contributed by atoms with van der Waals surface area (Å²) in [6, 6.07) is 10.4. The first-order valence-corrected chi connectivity index (χ1v) is 8.57. The Morgan fingerprint density at radius 2 is 2.00 bits per heavy atom. The highest BCUT2D eigenvalue weighted by Gasteiger charge is 2.26. The molecule has 1 aliphatic rings. The lowest BCUT2D eigenvalue weighted by Gasteiger charge is -2.15. The highest BCUT2D eigenvalue weighted by molar-refractivity contribution is 7.19. The molecule has 0 N–H and O–H groups in total. The van der Waals surface area contributed by atoms with Gasteiger partial charge in [-0.05, 0) is 30.4 Å². The Balaban J connectivity index is 1.48. The summed E-state index contributed by atoms with van der Waals surface area (Å²) in [5.41, 5.74) is 0.554. The maximum Gasteiger partial charge on any atom is 0.257 e.